The number of aryl methyl sites for hydroxylation is 1. The average molecular weight is 508 g/mol. The predicted octanol–water partition coefficient (Wildman–Crippen LogP) is 5.99. The van der Waals surface area contributed by atoms with Crippen molar-refractivity contribution >= 4 is 28.5 Å². The first-order valence-electron chi connectivity index (χ1n) is 11.7. The lowest BCUT2D eigenvalue weighted by Gasteiger charge is -2.18. The Labute approximate surface area is 210 Å². The fourth-order valence-electron chi connectivity index (χ4n) is 4.82. The molecular formula is C28H23F3N2O4. The molecule has 0 saturated carbocycles. The van der Waals surface area contributed by atoms with Gasteiger partial charge in [0.25, 0.3) is 0 Å². The van der Waals surface area contributed by atoms with Crippen LogP contribution in [0.3, 0.4) is 0 Å². The standard InChI is InChI=1S/C28H23F3N2O4/c1-16-11-17(9-10-32-23-8-3-2-6-19(23)27(35)36)26-20(12-16)24(34)13-25(37-26)33-14-18-5-4-7-22(21(18)15-33)28(29,30)31/h2-8,11-13,32H,9-10,14-15H2,1H3,(H,35,36). The molecule has 190 valence electrons. The van der Waals surface area contributed by atoms with Crippen molar-refractivity contribution in [1.82, 2.24) is 0 Å². The van der Waals surface area contributed by atoms with Crippen LogP contribution >= 0.6 is 0 Å². The van der Waals surface area contributed by atoms with Gasteiger partial charge in [-0.15, -0.1) is 0 Å². The average Bonchev–Trinajstić information content (AvgIpc) is 3.28. The molecule has 0 saturated heterocycles. The van der Waals surface area contributed by atoms with Crippen LogP contribution in [0.5, 0.6) is 0 Å². The van der Waals surface area contributed by atoms with E-state index in [2.05, 4.69) is 5.32 Å². The zero-order valence-electron chi connectivity index (χ0n) is 19.9. The Bertz CT molecular complexity index is 1580. The fourth-order valence-corrected chi connectivity index (χ4v) is 4.82. The molecule has 0 aliphatic carbocycles. The molecule has 5 rings (SSSR count). The van der Waals surface area contributed by atoms with Crippen molar-refractivity contribution in [2.75, 3.05) is 16.8 Å². The number of fused-ring (bicyclic) bond motifs is 2. The van der Waals surface area contributed by atoms with Crippen LogP contribution in [0.2, 0.25) is 0 Å². The molecule has 0 atom stereocenters. The Hall–Kier alpha value is -4.27. The lowest BCUT2D eigenvalue weighted by molar-refractivity contribution is -0.138. The first-order valence-corrected chi connectivity index (χ1v) is 11.7. The highest BCUT2D eigenvalue weighted by molar-refractivity contribution is 5.94. The van der Waals surface area contributed by atoms with E-state index in [1.807, 2.05) is 13.0 Å². The molecule has 1 aliphatic heterocycles. The SMILES string of the molecule is Cc1cc(CCNc2ccccc2C(=O)O)c2oc(N3Cc4cccc(C(F)(F)F)c4C3)cc(=O)c2c1. The van der Waals surface area contributed by atoms with Gasteiger partial charge in [-0.05, 0) is 59.9 Å². The summed E-state index contributed by atoms with van der Waals surface area (Å²) in [5.41, 5.74) is 2.36. The summed E-state index contributed by atoms with van der Waals surface area (Å²) in [4.78, 5) is 26.1. The van der Waals surface area contributed by atoms with Gasteiger partial charge in [0.15, 0.2) is 5.43 Å². The van der Waals surface area contributed by atoms with Crippen LogP contribution in [0.4, 0.5) is 24.7 Å². The van der Waals surface area contributed by atoms with E-state index >= 15 is 0 Å². The highest BCUT2D eigenvalue weighted by Gasteiger charge is 2.37. The molecule has 0 fully saturated rings. The Morgan fingerprint density at radius 1 is 1.08 bits per heavy atom. The molecule has 0 radical (unpaired) electrons. The third-order valence-electron chi connectivity index (χ3n) is 6.50. The van der Waals surface area contributed by atoms with Gasteiger partial charge in [0.1, 0.15) is 5.58 Å². The van der Waals surface area contributed by atoms with E-state index in [1.165, 1.54) is 18.2 Å². The third-order valence-corrected chi connectivity index (χ3v) is 6.50. The van der Waals surface area contributed by atoms with Crippen LogP contribution in [-0.2, 0) is 25.7 Å². The van der Waals surface area contributed by atoms with Crippen molar-refractivity contribution in [1.29, 1.82) is 0 Å². The van der Waals surface area contributed by atoms with E-state index in [9.17, 15) is 27.9 Å². The number of carbonyl (C=O) groups is 1. The summed E-state index contributed by atoms with van der Waals surface area (Å²) in [5.74, 6) is -0.837. The second-order valence-corrected chi connectivity index (χ2v) is 9.07. The normalized spacial score (nSPS) is 13.1. The zero-order valence-corrected chi connectivity index (χ0v) is 19.9. The third kappa shape index (κ3) is 4.76. The van der Waals surface area contributed by atoms with E-state index in [1.54, 1.807) is 35.2 Å². The molecular weight excluding hydrogens is 485 g/mol. The lowest BCUT2D eigenvalue weighted by atomic mass is 10.0. The molecule has 0 spiro atoms. The number of carboxylic acids is 1. The molecule has 2 heterocycles. The second-order valence-electron chi connectivity index (χ2n) is 9.07. The van der Waals surface area contributed by atoms with Gasteiger partial charge in [0.2, 0.25) is 5.88 Å². The molecule has 0 amide bonds. The Morgan fingerprint density at radius 3 is 2.62 bits per heavy atom. The van der Waals surface area contributed by atoms with E-state index in [0.717, 1.165) is 17.2 Å². The molecule has 2 N–H and O–H groups in total. The summed E-state index contributed by atoms with van der Waals surface area (Å²) in [6, 6.07) is 15.6. The lowest BCUT2D eigenvalue weighted by Crippen LogP contribution is -2.18. The number of aromatic carboxylic acids is 1. The van der Waals surface area contributed by atoms with Crippen molar-refractivity contribution in [2.24, 2.45) is 0 Å². The molecule has 4 aromatic rings. The summed E-state index contributed by atoms with van der Waals surface area (Å²) in [6.45, 7) is 2.41. The number of benzene rings is 3. The minimum atomic E-state index is -4.47. The monoisotopic (exact) mass is 508 g/mol. The van der Waals surface area contributed by atoms with Gasteiger partial charge in [-0.2, -0.15) is 13.2 Å². The van der Waals surface area contributed by atoms with Crippen LogP contribution in [0.25, 0.3) is 11.0 Å². The van der Waals surface area contributed by atoms with Crippen molar-refractivity contribution in [3.8, 4) is 0 Å². The summed E-state index contributed by atoms with van der Waals surface area (Å²) >= 11 is 0. The topological polar surface area (TPSA) is 82.8 Å². The summed E-state index contributed by atoms with van der Waals surface area (Å²) in [5, 5.41) is 12.9. The fraction of sp³-hybridized carbons (Fsp3) is 0.214. The van der Waals surface area contributed by atoms with Crippen LogP contribution < -0.4 is 15.6 Å². The summed E-state index contributed by atoms with van der Waals surface area (Å²) in [6.07, 6.45) is -4.04. The Morgan fingerprint density at radius 2 is 1.86 bits per heavy atom. The predicted molar refractivity (Wildman–Crippen MR) is 134 cm³/mol. The number of hydrogen-bond donors (Lipinski definition) is 2. The molecule has 9 heteroatoms. The number of rotatable bonds is 6. The Kier molecular flexibility index (Phi) is 6.15. The molecule has 3 aromatic carbocycles. The number of nitrogens with zero attached hydrogens (tertiary/aromatic N) is 1. The maximum atomic E-state index is 13.5. The molecule has 1 aromatic heterocycles. The highest BCUT2D eigenvalue weighted by Crippen LogP contribution is 2.38. The van der Waals surface area contributed by atoms with Crippen LogP contribution in [0.1, 0.15) is 38.2 Å². The van der Waals surface area contributed by atoms with Gasteiger partial charge in [-0.3, -0.25) is 4.79 Å². The van der Waals surface area contributed by atoms with Crippen molar-refractivity contribution in [3.05, 3.63) is 104 Å². The maximum Gasteiger partial charge on any atom is 0.416 e. The quantitative estimate of drug-likeness (QED) is 0.333. The zero-order chi connectivity index (χ0) is 26.3. The van der Waals surface area contributed by atoms with Gasteiger partial charge >= 0.3 is 12.1 Å². The maximum absolute atomic E-state index is 13.5. The van der Waals surface area contributed by atoms with Gasteiger partial charge in [0.05, 0.1) is 16.5 Å². The molecule has 6 nitrogen and oxygen atoms in total. The largest absolute Gasteiger partial charge is 0.478 e. The van der Waals surface area contributed by atoms with Gasteiger partial charge in [0, 0.05) is 31.4 Å². The van der Waals surface area contributed by atoms with Crippen LogP contribution in [-0.4, -0.2) is 17.6 Å². The van der Waals surface area contributed by atoms with E-state index < -0.39 is 17.7 Å². The highest BCUT2D eigenvalue weighted by atomic mass is 19.4. The smallest absolute Gasteiger partial charge is 0.416 e. The van der Waals surface area contributed by atoms with Crippen LogP contribution in [0.15, 0.2) is 69.9 Å². The number of para-hydroxylation sites is 1. The first-order chi connectivity index (χ1) is 17.6. The number of carboxylic acid groups (broad SMARTS) is 1. The number of alkyl halides is 3. The molecule has 1 aliphatic rings. The van der Waals surface area contributed by atoms with Crippen molar-refractivity contribution < 1.29 is 27.5 Å². The number of nitrogens with one attached hydrogen (secondary N) is 1. The summed E-state index contributed by atoms with van der Waals surface area (Å²) in [7, 11) is 0. The van der Waals surface area contributed by atoms with E-state index in [4.69, 9.17) is 4.42 Å². The van der Waals surface area contributed by atoms with E-state index in [0.29, 0.717) is 35.2 Å². The number of anilines is 2. The Balaban J connectivity index is 1.45. The van der Waals surface area contributed by atoms with Crippen molar-refractivity contribution in [2.45, 2.75) is 32.6 Å². The minimum Gasteiger partial charge on any atom is -0.478 e. The molecule has 0 bridgehead atoms. The van der Waals surface area contributed by atoms with Crippen LogP contribution in [0, 0.1) is 6.92 Å². The van der Waals surface area contributed by atoms with Gasteiger partial charge in [-0.25, -0.2) is 4.79 Å². The van der Waals surface area contributed by atoms with Gasteiger partial charge < -0.3 is 19.7 Å². The summed E-state index contributed by atoms with van der Waals surface area (Å²) < 4.78 is 46.7. The second kappa shape index (κ2) is 9.31. The number of hydrogen-bond acceptors (Lipinski definition) is 5. The molecule has 0 unspecified atom stereocenters. The molecule has 37 heavy (non-hydrogen) atoms. The minimum absolute atomic E-state index is 0.0197. The van der Waals surface area contributed by atoms with E-state index in [-0.39, 0.29) is 35.5 Å². The first kappa shape index (κ1) is 24.4. The van der Waals surface area contributed by atoms with Crippen molar-refractivity contribution in [3.63, 3.8) is 0 Å². The number of halogens is 3. The van der Waals surface area contributed by atoms with Gasteiger partial charge in [-0.1, -0.05) is 30.3 Å².